The van der Waals surface area contributed by atoms with Gasteiger partial charge in [-0.25, -0.2) is 8.42 Å². The topological polar surface area (TPSA) is 75.7 Å². The van der Waals surface area contributed by atoms with E-state index < -0.39 is 10.0 Å². The number of ether oxygens (including phenoxy) is 1. The first kappa shape index (κ1) is 27.7. The molecule has 0 spiro atoms. The zero-order chi connectivity index (χ0) is 25.1. The quantitative estimate of drug-likeness (QED) is 0.266. The Morgan fingerprint density at radius 3 is 2.37 bits per heavy atom. The van der Waals surface area contributed by atoms with Gasteiger partial charge in [0.1, 0.15) is 12.3 Å². The number of carbonyl (C=O) groups excluding carboxylic acids is 1. The third kappa shape index (κ3) is 8.36. The van der Waals surface area contributed by atoms with E-state index in [1.54, 1.807) is 60.3 Å². The number of sulfonamides is 1. The van der Waals surface area contributed by atoms with Crippen LogP contribution in [0.2, 0.25) is 0 Å². The van der Waals surface area contributed by atoms with E-state index >= 15 is 0 Å². The van der Waals surface area contributed by atoms with E-state index in [9.17, 15) is 13.2 Å². The van der Waals surface area contributed by atoms with Gasteiger partial charge in [0.15, 0.2) is 0 Å². The predicted molar refractivity (Wildman–Crippen MR) is 147 cm³/mol. The normalized spacial score (nSPS) is 14.5. The molecule has 2 aromatic rings. The highest BCUT2D eigenvalue weighted by Crippen LogP contribution is 2.29. The number of anilines is 1. The third-order valence-electron chi connectivity index (χ3n) is 5.92. The van der Waals surface area contributed by atoms with Gasteiger partial charge < -0.3 is 10.1 Å². The SMILES string of the molecule is CCOc1ccc(N(CC(=O)NCCCSC2CCCCC2)S(=O)(=O)c2ccc(SC)cc2)cc1. The van der Waals surface area contributed by atoms with Crippen molar-refractivity contribution in [2.24, 2.45) is 0 Å². The first-order valence-corrected chi connectivity index (χ1v) is 15.9. The largest absolute Gasteiger partial charge is 0.494 e. The molecule has 1 amide bonds. The van der Waals surface area contributed by atoms with Crippen molar-refractivity contribution in [3.05, 3.63) is 48.5 Å². The van der Waals surface area contributed by atoms with Crippen molar-refractivity contribution in [2.45, 2.75) is 60.5 Å². The molecule has 1 aliphatic rings. The van der Waals surface area contributed by atoms with Crippen LogP contribution < -0.4 is 14.4 Å². The van der Waals surface area contributed by atoms with Crippen LogP contribution in [0.5, 0.6) is 5.75 Å². The van der Waals surface area contributed by atoms with Crippen molar-refractivity contribution in [1.82, 2.24) is 5.32 Å². The molecule has 1 saturated carbocycles. The van der Waals surface area contributed by atoms with Gasteiger partial charge in [-0.1, -0.05) is 19.3 Å². The molecule has 35 heavy (non-hydrogen) atoms. The predicted octanol–water partition coefficient (Wildman–Crippen LogP) is 5.57. The van der Waals surface area contributed by atoms with Gasteiger partial charge >= 0.3 is 0 Å². The number of nitrogens with one attached hydrogen (secondary N) is 1. The highest BCUT2D eigenvalue weighted by Gasteiger charge is 2.27. The van der Waals surface area contributed by atoms with Crippen LogP contribution in [0.3, 0.4) is 0 Å². The van der Waals surface area contributed by atoms with Crippen LogP contribution in [-0.2, 0) is 14.8 Å². The van der Waals surface area contributed by atoms with Gasteiger partial charge in [-0.2, -0.15) is 11.8 Å². The maximum Gasteiger partial charge on any atom is 0.264 e. The van der Waals surface area contributed by atoms with Crippen LogP contribution in [0.1, 0.15) is 45.4 Å². The molecule has 0 aromatic heterocycles. The molecule has 0 heterocycles. The van der Waals surface area contributed by atoms with Gasteiger partial charge in [0, 0.05) is 16.7 Å². The van der Waals surface area contributed by atoms with E-state index in [4.69, 9.17) is 4.74 Å². The van der Waals surface area contributed by atoms with E-state index in [0.29, 0.717) is 24.6 Å². The van der Waals surface area contributed by atoms with E-state index in [-0.39, 0.29) is 17.3 Å². The van der Waals surface area contributed by atoms with Gasteiger partial charge in [-0.3, -0.25) is 9.10 Å². The number of thioether (sulfide) groups is 2. The number of carbonyl (C=O) groups is 1. The highest BCUT2D eigenvalue weighted by molar-refractivity contribution is 7.99. The lowest BCUT2D eigenvalue weighted by Crippen LogP contribution is -2.41. The summed E-state index contributed by atoms with van der Waals surface area (Å²) in [5.41, 5.74) is 0.422. The second-order valence-electron chi connectivity index (χ2n) is 8.45. The van der Waals surface area contributed by atoms with Gasteiger partial charge in [-0.05, 0) is 86.7 Å². The molecule has 0 atom stereocenters. The van der Waals surface area contributed by atoms with Crippen molar-refractivity contribution < 1.29 is 17.9 Å². The minimum Gasteiger partial charge on any atom is -0.494 e. The average Bonchev–Trinajstić information content (AvgIpc) is 2.88. The second-order valence-corrected chi connectivity index (χ2v) is 12.6. The maximum atomic E-state index is 13.5. The average molecular weight is 537 g/mol. The highest BCUT2D eigenvalue weighted by atomic mass is 32.2. The summed E-state index contributed by atoms with van der Waals surface area (Å²) in [6.45, 7) is 2.67. The summed E-state index contributed by atoms with van der Waals surface area (Å²) < 4.78 is 33.7. The minimum absolute atomic E-state index is 0.154. The number of hydrogen-bond donors (Lipinski definition) is 1. The summed E-state index contributed by atoms with van der Waals surface area (Å²) in [6.07, 6.45) is 9.40. The Balaban J connectivity index is 1.65. The van der Waals surface area contributed by atoms with E-state index in [2.05, 4.69) is 5.32 Å². The van der Waals surface area contributed by atoms with Gasteiger partial charge in [0.25, 0.3) is 10.0 Å². The van der Waals surface area contributed by atoms with Gasteiger partial charge in [-0.15, -0.1) is 11.8 Å². The summed E-state index contributed by atoms with van der Waals surface area (Å²) in [6, 6.07) is 13.5. The van der Waals surface area contributed by atoms with Crippen molar-refractivity contribution in [3.8, 4) is 5.75 Å². The number of rotatable bonds is 13. The summed E-state index contributed by atoms with van der Waals surface area (Å²) in [4.78, 5) is 13.9. The van der Waals surface area contributed by atoms with Crippen molar-refractivity contribution >= 4 is 45.1 Å². The summed E-state index contributed by atoms with van der Waals surface area (Å²) in [5, 5.41) is 3.66. The fraction of sp³-hybridized carbons (Fsp3) is 0.500. The van der Waals surface area contributed by atoms with E-state index in [0.717, 1.165) is 22.3 Å². The number of benzene rings is 2. The Kier molecular flexibility index (Phi) is 11.1. The summed E-state index contributed by atoms with van der Waals surface area (Å²) in [5.74, 6) is 1.34. The maximum absolute atomic E-state index is 13.5. The Labute approximate surface area is 218 Å². The lowest BCUT2D eigenvalue weighted by Gasteiger charge is -2.24. The molecule has 1 fully saturated rings. The lowest BCUT2D eigenvalue weighted by atomic mass is 10.0. The molecular weight excluding hydrogens is 500 g/mol. The Hall–Kier alpha value is -1.84. The molecule has 6 nitrogen and oxygen atoms in total. The molecule has 0 radical (unpaired) electrons. The van der Waals surface area contributed by atoms with Crippen molar-refractivity contribution in [2.75, 3.05) is 36.0 Å². The molecule has 0 unspecified atom stereocenters. The fourth-order valence-electron chi connectivity index (χ4n) is 4.03. The zero-order valence-corrected chi connectivity index (χ0v) is 23.0. The van der Waals surface area contributed by atoms with E-state index in [1.807, 2.05) is 24.9 Å². The Bertz CT molecular complexity index is 1020. The molecule has 9 heteroatoms. The molecule has 2 aromatic carbocycles. The van der Waals surface area contributed by atoms with Crippen LogP contribution in [0.25, 0.3) is 0 Å². The van der Waals surface area contributed by atoms with Crippen molar-refractivity contribution in [3.63, 3.8) is 0 Å². The smallest absolute Gasteiger partial charge is 0.264 e. The molecule has 0 aliphatic heterocycles. The molecule has 1 N–H and O–H groups in total. The monoisotopic (exact) mass is 536 g/mol. The number of amides is 1. The van der Waals surface area contributed by atoms with Gasteiger partial charge in [0.2, 0.25) is 5.91 Å². The summed E-state index contributed by atoms with van der Waals surface area (Å²) in [7, 11) is -3.93. The Morgan fingerprint density at radius 1 is 1.06 bits per heavy atom. The standard InChI is InChI=1S/C26H36N2O4S3/c1-3-32-22-12-10-21(11-13-22)28(35(30,31)25-16-14-23(33-2)15-17-25)20-26(29)27-18-7-19-34-24-8-5-4-6-9-24/h10-17,24H,3-9,18-20H2,1-2H3,(H,27,29). The minimum atomic E-state index is -3.93. The molecular formula is C26H36N2O4S3. The first-order chi connectivity index (χ1) is 16.9. The second kappa shape index (κ2) is 14.0. The van der Waals surface area contributed by atoms with Crippen molar-refractivity contribution in [1.29, 1.82) is 0 Å². The van der Waals surface area contributed by atoms with Crippen LogP contribution in [0.15, 0.2) is 58.3 Å². The van der Waals surface area contributed by atoms with E-state index in [1.165, 1.54) is 36.4 Å². The first-order valence-electron chi connectivity index (χ1n) is 12.2. The van der Waals surface area contributed by atoms with Crippen LogP contribution in [0, 0.1) is 0 Å². The van der Waals surface area contributed by atoms with Crippen LogP contribution in [0.4, 0.5) is 5.69 Å². The molecule has 0 saturated heterocycles. The summed E-state index contributed by atoms with van der Waals surface area (Å²) >= 11 is 3.54. The molecule has 1 aliphatic carbocycles. The van der Waals surface area contributed by atoms with Crippen LogP contribution in [-0.4, -0.2) is 51.3 Å². The number of hydrogen-bond acceptors (Lipinski definition) is 6. The molecule has 0 bridgehead atoms. The Morgan fingerprint density at radius 2 is 1.74 bits per heavy atom. The van der Waals surface area contributed by atoms with Crippen LogP contribution >= 0.6 is 23.5 Å². The third-order valence-corrected chi connectivity index (χ3v) is 9.92. The molecule has 192 valence electrons. The van der Waals surface area contributed by atoms with Gasteiger partial charge in [0.05, 0.1) is 17.2 Å². The fourth-order valence-corrected chi connectivity index (χ4v) is 7.17. The number of nitrogens with zero attached hydrogens (tertiary/aromatic N) is 1. The zero-order valence-electron chi connectivity index (χ0n) is 20.6. The molecule has 3 rings (SSSR count). The lowest BCUT2D eigenvalue weighted by molar-refractivity contribution is -0.119.